The molecule has 1 heterocycles. The van der Waals surface area contributed by atoms with Gasteiger partial charge >= 0.3 is 0 Å². The predicted molar refractivity (Wildman–Crippen MR) is 80.8 cm³/mol. The first-order valence-electron chi connectivity index (χ1n) is 7.35. The summed E-state index contributed by atoms with van der Waals surface area (Å²) in [5, 5.41) is 2.92. The summed E-state index contributed by atoms with van der Waals surface area (Å²) < 4.78 is 11.2. The molecular weight excluding hydrogens is 276 g/mol. The van der Waals surface area contributed by atoms with E-state index in [-0.39, 0.29) is 17.9 Å². The molecular formula is C14H26N2O3S. The minimum atomic E-state index is -0.864. The molecule has 0 bridgehead atoms. The number of amides is 2. The minimum absolute atomic E-state index is 0.0100. The molecule has 2 amide bonds. The fraction of sp³-hybridized carbons (Fsp3) is 0.857. The fourth-order valence-corrected chi connectivity index (χ4v) is 3.30. The maximum Gasteiger partial charge on any atom is 0.248 e. The summed E-state index contributed by atoms with van der Waals surface area (Å²) >= 11 is 0. The van der Waals surface area contributed by atoms with Gasteiger partial charge in [-0.25, -0.2) is 0 Å². The molecule has 1 rings (SSSR count). The lowest BCUT2D eigenvalue weighted by molar-refractivity contribution is -0.155. The first-order chi connectivity index (χ1) is 9.41. The van der Waals surface area contributed by atoms with E-state index in [4.69, 9.17) is 0 Å². The summed E-state index contributed by atoms with van der Waals surface area (Å²) in [6.07, 6.45) is 4.13. The lowest BCUT2D eigenvalue weighted by Crippen LogP contribution is -2.70. The molecule has 1 fully saturated rings. The highest BCUT2D eigenvalue weighted by Crippen LogP contribution is 2.26. The Bertz CT molecular complexity index is 394. The molecule has 0 aromatic heterocycles. The molecule has 1 saturated heterocycles. The van der Waals surface area contributed by atoms with E-state index in [0.29, 0.717) is 38.0 Å². The van der Waals surface area contributed by atoms with E-state index in [1.807, 2.05) is 20.8 Å². The van der Waals surface area contributed by atoms with Gasteiger partial charge in [-0.1, -0.05) is 20.8 Å². The van der Waals surface area contributed by atoms with E-state index < -0.39 is 16.3 Å². The monoisotopic (exact) mass is 302 g/mol. The van der Waals surface area contributed by atoms with Gasteiger partial charge < -0.3 is 10.2 Å². The van der Waals surface area contributed by atoms with Gasteiger partial charge in [-0.15, -0.1) is 0 Å². The molecule has 5 nitrogen and oxygen atoms in total. The normalized spacial score (nSPS) is 23.6. The van der Waals surface area contributed by atoms with Crippen LogP contribution in [-0.4, -0.2) is 51.1 Å². The van der Waals surface area contributed by atoms with Gasteiger partial charge in [-0.3, -0.25) is 13.8 Å². The average Bonchev–Trinajstić information content (AvgIpc) is 2.42. The number of nitrogens with one attached hydrogen (secondary N) is 1. The van der Waals surface area contributed by atoms with Crippen LogP contribution < -0.4 is 5.32 Å². The van der Waals surface area contributed by atoms with Crippen LogP contribution in [0.15, 0.2) is 0 Å². The molecule has 0 radical (unpaired) electrons. The van der Waals surface area contributed by atoms with E-state index in [9.17, 15) is 13.8 Å². The van der Waals surface area contributed by atoms with E-state index in [1.165, 1.54) is 0 Å². The summed E-state index contributed by atoms with van der Waals surface area (Å²) in [6.45, 7) is 6.26. The molecule has 0 spiro atoms. The van der Waals surface area contributed by atoms with Gasteiger partial charge in [0.15, 0.2) is 0 Å². The van der Waals surface area contributed by atoms with Crippen molar-refractivity contribution in [3.8, 4) is 0 Å². The van der Waals surface area contributed by atoms with Crippen LogP contribution in [-0.2, 0) is 20.4 Å². The van der Waals surface area contributed by atoms with E-state index in [0.717, 1.165) is 0 Å². The van der Waals surface area contributed by atoms with Crippen LogP contribution in [0.1, 0.15) is 46.5 Å². The molecule has 116 valence electrons. The van der Waals surface area contributed by atoms with Crippen molar-refractivity contribution in [1.82, 2.24) is 10.2 Å². The topological polar surface area (TPSA) is 66.5 Å². The highest BCUT2D eigenvalue weighted by atomic mass is 32.2. The Hall–Kier alpha value is -0.910. The quantitative estimate of drug-likeness (QED) is 0.764. The average molecular weight is 302 g/mol. The van der Waals surface area contributed by atoms with Gasteiger partial charge in [0.05, 0.1) is 0 Å². The maximum absolute atomic E-state index is 12.7. The van der Waals surface area contributed by atoms with Crippen molar-refractivity contribution < 1.29 is 13.8 Å². The van der Waals surface area contributed by atoms with Gasteiger partial charge in [0, 0.05) is 29.4 Å². The zero-order chi connectivity index (χ0) is 15.3. The van der Waals surface area contributed by atoms with Crippen molar-refractivity contribution in [2.75, 3.05) is 18.6 Å². The Kier molecular flexibility index (Phi) is 6.17. The molecule has 2 atom stereocenters. The van der Waals surface area contributed by atoms with Crippen molar-refractivity contribution >= 4 is 22.6 Å². The summed E-state index contributed by atoms with van der Waals surface area (Å²) in [5.74, 6) is 0.511. The zero-order valence-electron chi connectivity index (χ0n) is 12.9. The molecule has 1 aliphatic rings. The SMILES string of the molecule is CCC1C(=O)NC(CC)(CC)C(=O)N1CCCS(C)=O. The number of carbonyl (C=O) groups is 2. The molecule has 1 aliphatic heterocycles. The number of nitrogens with zero attached hydrogens (tertiary/aromatic N) is 1. The summed E-state index contributed by atoms with van der Waals surface area (Å²) in [6, 6.07) is -0.390. The molecule has 2 unspecified atom stereocenters. The molecule has 0 aromatic carbocycles. The highest BCUT2D eigenvalue weighted by molar-refractivity contribution is 7.84. The third-order valence-corrected chi connectivity index (χ3v) is 5.00. The highest BCUT2D eigenvalue weighted by Gasteiger charge is 2.47. The third kappa shape index (κ3) is 3.40. The number of hydrogen-bond donors (Lipinski definition) is 1. The third-order valence-electron chi connectivity index (χ3n) is 4.14. The summed E-state index contributed by atoms with van der Waals surface area (Å²) in [5.41, 5.74) is -0.756. The Morgan fingerprint density at radius 2 is 1.85 bits per heavy atom. The summed E-state index contributed by atoms with van der Waals surface area (Å²) in [7, 11) is -0.864. The van der Waals surface area contributed by atoms with Gasteiger partial charge in [0.25, 0.3) is 0 Å². The standard InChI is InChI=1S/C14H26N2O3S/c1-5-11-12(17)15-14(6-2,7-3)13(18)16(11)9-8-10-20(4)19/h11H,5-10H2,1-4H3,(H,15,17). The van der Waals surface area contributed by atoms with Gasteiger partial charge in [-0.2, -0.15) is 0 Å². The molecule has 0 aromatic rings. The number of carbonyl (C=O) groups excluding carboxylic acids is 2. The maximum atomic E-state index is 12.7. The molecule has 1 N–H and O–H groups in total. The second kappa shape index (κ2) is 7.20. The predicted octanol–water partition coefficient (Wildman–Crippen LogP) is 1.05. The van der Waals surface area contributed by atoms with Gasteiger partial charge in [0.2, 0.25) is 11.8 Å². The van der Waals surface area contributed by atoms with E-state index >= 15 is 0 Å². The Morgan fingerprint density at radius 1 is 1.25 bits per heavy atom. The lowest BCUT2D eigenvalue weighted by Gasteiger charge is -2.45. The van der Waals surface area contributed by atoms with Crippen molar-refractivity contribution in [2.45, 2.75) is 58.0 Å². The molecule has 0 saturated carbocycles. The van der Waals surface area contributed by atoms with Crippen LogP contribution in [0.3, 0.4) is 0 Å². The second-order valence-electron chi connectivity index (χ2n) is 5.33. The van der Waals surface area contributed by atoms with Crippen LogP contribution in [0.25, 0.3) is 0 Å². The molecule has 0 aliphatic carbocycles. The van der Waals surface area contributed by atoms with Crippen molar-refractivity contribution in [1.29, 1.82) is 0 Å². The van der Waals surface area contributed by atoms with Gasteiger partial charge in [0.1, 0.15) is 11.6 Å². The van der Waals surface area contributed by atoms with Crippen LogP contribution in [0.5, 0.6) is 0 Å². The molecule has 20 heavy (non-hydrogen) atoms. The van der Waals surface area contributed by atoms with Crippen molar-refractivity contribution in [3.05, 3.63) is 0 Å². The lowest BCUT2D eigenvalue weighted by atomic mass is 9.86. The van der Waals surface area contributed by atoms with Gasteiger partial charge in [-0.05, 0) is 25.7 Å². The number of piperazine rings is 1. The Labute approximate surface area is 123 Å². The first-order valence-corrected chi connectivity index (χ1v) is 9.07. The van der Waals surface area contributed by atoms with E-state index in [1.54, 1.807) is 11.2 Å². The Balaban J connectivity index is 2.91. The Morgan fingerprint density at radius 3 is 2.30 bits per heavy atom. The number of rotatable bonds is 7. The van der Waals surface area contributed by atoms with Crippen LogP contribution in [0.2, 0.25) is 0 Å². The zero-order valence-corrected chi connectivity index (χ0v) is 13.7. The minimum Gasteiger partial charge on any atom is -0.340 e. The smallest absolute Gasteiger partial charge is 0.248 e. The molecule has 6 heteroatoms. The van der Waals surface area contributed by atoms with E-state index in [2.05, 4.69) is 5.32 Å². The van der Waals surface area contributed by atoms with Crippen molar-refractivity contribution in [2.24, 2.45) is 0 Å². The van der Waals surface area contributed by atoms with Crippen molar-refractivity contribution in [3.63, 3.8) is 0 Å². The van der Waals surface area contributed by atoms with Crippen LogP contribution in [0.4, 0.5) is 0 Å². The first kappa shape index (κ1) is 17.1. The van der Waals surface area contributed by atoms with Crippen LogP contribution >= 0.6 is 0 Å². The largest absolute Gasteiger partial charge is 0.340 e. The summed E-state index contributed by atoms with van der Waals surface area (Å²) in [4.78, 5) is 26.7. The fourth-order valence-electron chi connectivity index (χ4n) is 2.76. The van der Waals surface area contributed by atoms with Crippen LogP contribution in [0, 0.1) is 0 Å². The second-order valence-corrected chi connectivity index (χ2v) is 6.89. The number of hydrogen-bond acceptors (Lipinski definition) is 3.